The van der Waals surface area contributed by atoms with Crippen LogP contribution in [0.3, 0.4) is 0 Å². The normalized spacial score (nSPS) is 10.8. The van der Waals surface area contributed by atoms with Gasteiger partial charge in [-0.25, -0.2) is 9.48 Å². The molecule has 3 rings (SSSR count). The summed E-state index contributed by atoms with van der Waals surface area (Å²) in [6, 6.07) is 6.92. The number of nitrogens with zero attached hydrogens (tertiary/aromatic N) is 2. The van der Waals surface area contributed by atoms with E-state index >= 15 is 0 Å². The Labute approximate surface area is 159 Å². The Morgan fingerprint density at radius 3 is 2.71 bits per heavy atom. The SMILES string of the molecule is Cc1c(OC(=O)O)nn(-c2ccc(Cl)cc2Cl)c1-c1cc(Br)cs1. The molecule has 0 unspecified atom stereocenters. The molecule has 0 saturated carbocycles. The highest BCUT2D eigenvalue weighted by Gasteiger charge is 2.22. The van der Waals surface area contributed by atoms with Crippen LogP contribution in [0.25, 0.3) is 16.3 Å². The minimum atomic E-state index is -1.43. The van der Waals surface area contributed by atoms with Crippen LogP contribution in [0.1, 0.15) is 5.56 Å². The maximum Gasteiger partial charge on any atom is 0.512 e. The van der Waals surface area contributed by atoms with E-state index in [9.17, 15) is 4.79 Å². The minimum Gasteiger partial charge on any atom is -0.449 e. The van der Waals surface area contributed by atoms with Crippen LogP contribution in [0.15, 0.2) is 34.1 Å². The van der Waals surface area contributed by atoms with Gasteiger partial charge in [-0.2, -0.15) is 0 Å². The Bertz CT molecular complexity index is 939. The number of carbonyl (C=O) groups is 1. The minimum absolute atomic E-state index is 0.00744. The van der Waals surface area contributed by atoms with Crippen LogP contribution < -0.4 is 4.74 Å². The van der Waals surface area contributed by atoms with Crippen molar-refractivity contribution in [1.82, 2.24) is 9.78 Å². The van der Waals surface area contributed by atoms with E-state index in [0.29, 0.717) is 27.0 Å². The first kappa shape index (κ1) is 17.3. The average molecular weight is 448 g/mol. The third kappa shape index (κ3) is 3.30. The molecule has 24 heavy (non-hydrogen) atoms. The maximum atomic E-state index is 10.9. The lowest BCUT2D eigenvalue weighted by Gasteiger charge is -2.08. The maximum absolute atomic E-state index is 10.9. The second kappa shape index (κ2) is 6.76. The highest BCUT2D eigenvalue weighted by atomic mass is 79.9. The molecule has 0 aliphatic rings. The second-order valence-corrected chi connectivity index (χ2v) is 7.45. The zero-order chi connectivity index (χ0) is 17.4. The van der Waals surface area contributed by atoms with Gasteiger partial charge in [0, 0.05) is 20.4 Å². The fourth-order valence-electron chi connectivity index (χ4n) is 2.21. The first-order valence-corrected chi connectivity index (χ1v) is 9.00. The lowest BCUT2D eigenvalue weighted by Crippen LogP contribution is -2.05. The van der Waals surface area contributed by atoms with Crippen molar-refractivity contribution in [3.05, 3.63) is 49.7 Å². The summed E-state index contributed by atoms with van der Waals surface area (Å²) in [5.74, 6) is 0.00744. The zero-order valence-corrected chi connectivity index (χ0v) is 16.0. The molecule has 0 amide bonds. The zero-order valence-electron chi connectivity index (χ0n) is 12.1. The summed E-state index contributed by atoms with van der Waals surface area (Å²) in [5, 5.41) is 16.0. The molecule has 0 spiro atoms. The molecule has 124 valence electrons. The van der Waals surface area contributed by atoms with Gasteiger partial charge in [0.15, 0.2) is 0 Å². The number of aromatic nitrogens is 2. The first-order valence-electron chi connectivity index (χ1n) is 6.57. The van der Waals surface area contributed by atoms with Gasteiger partial charge in [-0.1, -0.05) is 23.2 Å². The fraction of sp³-hybridized carbons (Fsp3) is 0.0667. The Hall–Kier alpha value is -1.54. The van der Waals surface area contributed by atoms with Gasteiger partial charge >= 0.3 is 6.16 Å². The Kier molecular flexibility index (Phi) is 4.87. The van der Waals surface area contributed by atoms with Gasteiger partial charge in [-0.15, -0.1) is 16.4 Å². The largest absolute Gasteiger partial charge is 0.512 e. The van der Waals surface area contributed by atoms with Gasteiger partial charge in [0.05, 0.1) is 21.3 Å². The van der Waals surface area contributed by atoms with Crippen LogP contribution >= 0.6 is 50.5 Å². The molecular formula is C15H9BrCl2N2O3S. The number of benzene rings is 1. The monoisotopic (exact) mass is 446 g/mol. The summed E-state index contributed by atoms with van der Waals surface area (Å²) in [6.45, 7) is 1.74. The summed E-state index contributed by atoms with van der Waals surface area (Å²) >= 11 is 17.1. The van der Waals surface area contributed by atoms with Crippen molar-refractivity contribution >= 4 is 56.6 Å². The van der Waals surface area contributed by atoms with Crippen LogP contribution in [0.4, 0.5) is 4.79 Å². The highest BCUT2D eigenvalue weighted by Crippen LogP contribution is 2.38. The quantitative estimate of drug-likeness (QED) is 0.497. The van der Waals surface area contributed by atoms with E-state index in [4.69, 9.17) is 33.0 Å². The molecule has 5 nitrogen and oxygen atoms in total. The van der Waals surface area contributed by atoms with E-state index in [-0.39, 0.29) is 5.88 Å². The molecular weight excluding hydrogens is 439 g/mol. The lowest BCUT2D eigenvalue weighted by atomic mass is 10.2. The number of thiophene rings is 1. The average Bonchev–Trinajstić information content (AvgIpc) is 3.03. The molecule has 1 N–H and O–H groups in total. The van der Waals surface area contributed by atoms with Crippen LogP contribution in [-0.2, 0) is 0 Å². The predicted octanol–water partition coefficient (Wildman–Crippen LogP) is 6.04. The summed E-state index contributed by atoms with van der Waals surface area (Å²) in [4.78, 5) is 11.8. The Morgan fingerprint density at radius 2 is 2.12 bits per heavy atom. The Balaban J connectivity index is 2.25. The van der Waals surface area contributed by atoms with Crippen molar-refractivity contribution in [2.45, 2.75) is 6.92 Å². The molecule has 0 saturated heterocycles. The van der Waals surface area contributed by atoms with Crippen molar-refractivity contribution in [1.29, 1.82) is 0 Å². The van der Waals surface area contributed by atoms with E-state index in [0.717, 1.165) is 9.35 Å². The summed E-state index contributed by atoms with van der Waals surface area (Å²) in [5.41, 5.74) is 1.87. The third-order valence-corrected chi connectivity index (χ3v) is 5.44. The van der Waals surface area contributed by atoms with Gasteiger partial charge in [-0.3, -0.25) is 0 Å². The van der Waals surface area contributed by atoms with Gasteiger partial charge in [-0.05, 0) is 47.1 Å². The van der Waals surface area contributed by atoms with E-state index in [1.165, 1.54) is 11.3 Å². The highest BCUT2D eigenvalue weighted by molar-refractivity contribution is 9.10. The molecule has 3 aromatic rings. The molecule has 9 heteroatoms. The third-order valence-electron chi connectivity index (χ3n) is 3.20. The van der Waals surface area contributed by atoms with Crippen molar-refractivity contribution in [3.63, 3.8) is 0 Å². The van der Waals surface area contributed by atoms with Crippen LogP contribution in [0.2, 0.25) is 10.0 Å². The molecule has 0 aliphatic heterocycles. The van der Waals surface area contributed by atoms with E-state index < -0.39 is 6.16 Å². The summed E-state index contributed by atoms with van der Waals surface area (Å²) in [7, 11) is 0. The van der Waals surface area contributed by atoms with Crippen LogP contribution in [0.5, 0.6) is 5.88 Å². The molecule has 0 fully saturated rings. The Morgan fingerprint density at radius 1 is 1.38 bits per heavy atom. The van der Waals surface area contributed by atoms with Gasteiger partial charge in [0.25, 0.3) is 0 Å². The number of hydrogen-bond acceptors (Lipinski definition) is 4. The van der Waals surface area contributed by atoms with Crippen molar-refractivity contribution in [2.24, 2.45) is 0 Å². The molecule has 0 radical (unpaired) electrons. The van der Waals surface area contributed by atoms with E-state index in [1.54, 1.807) is 29.8 Å². The lowest BCUT2D eigenvalue weighted by molar-refractivity contribution is 0.142. The topological polar surface area (TPSA) is 64.3 Å². The number of carboxylic acid groups (broad SMARTS) is 1. The fourth-order valence-corrected chi connectivity index (χ4v) is 4.21. The van der Waals surface area contributed by atoms with E-state index in [2.05, 4.69) is 21.0 Å². The molecule has 1 aromatic carbocycles. The molecule has 0 atom stereocenters. The van der Waals surface area contributed by atoms with Crippen molar-refractivity contribution in [2.75, 3.05) is 0 Å². The van der Waals surface area contributed by atoms with Crippen LogP contribution in [0, 0.1) is 6.92 Å². The van der Waals surface area contributed by atoms with Crippen molar-refractivity contribution < 1.29 is 14.6 Å². The second-order valence-electron chi connectivity index (χ2n) is 4.78. The van der Waals surface area contributed by atoms with E-state index in [1.807, 2.05) is 11.4 Å². The predicted molar refractivity (Wildman–Crippen MR) is 98.0 cm³/mol. The molecule has 2 aromatic heterocycles. The van der Waals surface area contributed by atoms with Gasteiger partial charge in [0.2, 0.25) is 5.88 Å². The van der Waals surface area contributed by atoms with Crippen LogP contribution in [-0.4, -0.2) is 21.0 Å². The molecule has 0 bridgehead atoms. The molecule has 2 heterocycles. The van der Waals surface area contributed by atoms with Crippen molar-refractivity contribution in [3.8, 4) is 22.1 Å². The smallest absolute Gasteiger partial charge is 0.449 e. The number of rotatable bonds is 3. The standard InChI is InChI=1S/C15H9BrCl2N2O3S/c1-7-13(12-4-8(16)6-24-12)20(19-14(7)23-15(21)22)11-3-2-9(17)5-10(11)18/h2-6H,1H3,(H,21,22). The summed E-state index contributed by atoms with van der Waals surface area (Å²) in [6.07, 6.45) is -1.43. The number of ether oxygens (including phenoxy) is 1. The van der Waals surface area contributed by atoms with Gasteiger partial charge < -0.3 is 9.84 Å². The number of hydrogen-bond donors (Lipinski definition) is 1. The molecule has 0 aliphatic carbocycles. The first-order chi connectivity index (χ1) is 11.4. The number of halogens is 3. The summed E-state index contributed by atoms with van der Waals surface area (Å²) < 4.78 is 7.26. The van der Waals surface area contributed by atoms with Gasteiger partial charge in [0.1, 0.15) is 0 Å².